The Balaban J connectivity index is 2.77. The fourth-order valence-corrected chi connectivity index (χ4v) is 2.12. The number of rotatable bonds is 5. The first-order valence-electron chi connectivity index (χ1n) is 4.92. The van der Waals surface area contributed by atoms with Crippen molar-refractivity contribution in [3.63, 3.8) is 0 Å². The zero-order valence-corrected chi connectivity index (χ0v) is 10.6. The van der Waals surface area contributed by atoms with Gasteiger partial charge in [-0.05, 0) is 13.8 Å². The minimum absolute atomic E-state index is 0.0801. The normalized spacial score (nSPS) is 12.2. The molecule has 94 valence electrons. The van der Waals surface area contributed by atoms with Gasteiger partial charge in [0.05, 0.1) is 11.6 Å². The summed E-state index contributed by atoms with van der Waals surface area (Å²) in [6, 6.07) is -1.06. The molecule has 2 N–H and O–H groups in total. The van der Waals surface area contributed by atoms with Gasteiger partial charge in [-0.1, -0.05) is 0 Å². The fourth-order valence-electron chi connectivity index (χ4n) is 1.31. The molecule has 1 atom stereocenters. The molecule has 0 fully saturated rings. The highest BCUT2D eigenvalue weighted by Crippen LogP contribution is 2.16. The molecule has 17 heavy (non-hydrogen) atoms. The van der Waals surface area contributed by atoms with E-state index in [4.69, 9.17) is 9.84 Å². The first kappa shape index (κ1) is 13.6. The Kier molecular flexibility index (Phi) is 4.59. The molecule has 1 aromatic rings. The molecule has 1 unspecified atom stereocenters. The lowest BCUT2D eigenvalue weighted by atomic mass is 10.3. The Morgan fingerprint density at radius 2 is 2.18 bits per heavy atom. The SMILES string of the molecule is COCC(NC(=O)c1nc(C)sc1C)C(=O)O. The van der Waals surface area contributed by atoms with Crippen LogP contribution in [0.2, 0.25) is 0 Å². The summed E-state index contributed by atoms with van der Waals surface area (Å²) in [5.74, 6) is -1.62. The molecule has 1 amide bonds. The number of thiazole rings is 1. The van der Waals surface area contributed by atoms with Crippen LogP contribution in [0.3, 0.4) is 0 Å². The second kappa shape index (κ2) is 5.74. The zero-order chi connectivity index (χ0) is 13.0. The highest BCUT2D eigenvalue weighted by molar-refractivity contribution is 7.11. The summed E-state index contributed by atoms with van der Waals surface area (Å²) in [7, 11) is 1.38. The van der Waals surface area contributed by atoms with Crippen LogP contribution < -0.4 is 5.32 Å². The molecular formula is C10H14N2O4S. The van der Waals surface area contributed by atoms with Gasteiger partial charge in [-0.15, -0.1) is 11.3 Å². The third-order valence-corrected chi connectivity index (χ3v) is 2.94. The predicted molar refractivity (Wildman–Crippen MR) is 62.4 cm³/mol. The lowest BCUT2D eigenvalue weighted by molar-refractivity contribution is -0.140. The number of hydrogen-bond donors (Lipinski definition) is 2. The van der Waals surface area contributed by atoms with Crippen molar-refractivity contribution in [1.29, 1.82) is 0 Å². The Bertz CT molecular complexity index is 430. The summed E-state index contributed by atoms with van der Waals surface area (Å²) >= 11 is 1.40. The van der Waals surface area contributed by atoms with Gasteiger partial charge in [0.2, 0.25) is 0 Å². The first-order chi connectivity index (χ1) is 7.95. The number of methoxy groups -OCH3 is 1. The van der Waals surface area contributed by atoms with Crippen LogP contribution in [0.25, 0.3) is 0 Å². The van der Waals surface area contributed by atoms with Crippen LogP contribution in [-0.2, 0) is 9.53 Å². The molecule has 0 aromatic carbocycles. The van der Waals surface area contributed by atoms with Crippen molar-refractivity contribution in [2.24, 2.45) is 0 Å². The van der Waals surface area contributed by atoms with Gasteiger partial charge in [-0.2, -0.15) is 0 Å². The quantitative estimate of drug-likeness (QED) is 0.807. The molecule has 6 nitrogen and oxygen atoms in total. The summed E-state index contributed by atoms with van der Waals surface area (Å²) < 4.78 is 4.72. The van der Waals surface area contributed by atoms with E-state index in [1.54, 1.807) is 13.8 Å². The second-order valence-electron chi connectivity index (χ2n) is 3.46. The van der Waals surface area contributed by atoms with Crippen molar-refractivity contribution >= 4 is 23.2 Å². The predicted octanol–water partition coefficient (Wildman–Crippen LogP) is 0.589. The van der Waals surface area contributed by atoms with Crippen molar-refractivity contribution in [2.45, 2.75) is 19.9 Å². The number of nitrogens with one attached hydrogen (secondary N) is 1. The molecule has 1 rings (SSSR count). The van der Waals surface area contributed by atoms with Crippen LogP contribution >= 0.6 is 11.3 Å². The summed E-state index contributed by atoms with van der Waals surface area (Å²) in [6.45, 7) is 3.48. The van der Waals surface area contributed by atoms with Gasteiger partial charge in [0.25, 0.3) is 5.91 Å². The maximum atomic E-state index is 11.8. The van der Waals surface area contributed by atoms with Crippen LogP contribution in [-0.4, -0.2) is 41.7 Å². The molecule has 1 heterocycles. The maximum absolute atomic E-state index is 11.8. The number of ether oxygens (including phenoxy) is 1. The summed E-state index contributed by atoms with van der Waals surface area (Å²) in [4.78, 5) is 27.4. The summed E-state index contributed by atoms with van der Waals surface area (Å²) in [5.41, 5.74) is 0.273. The van der Waals surface area contributed by atoms with Gasteiger partial charge < -0.3 is 15.2 Å². The van der Waals surface area contributed by atoms with Crippen molar-refractivity contribution in [1.82, 2.24) is 10.3 Å². The number of aliphatic carboxylic acids is 1. The smallest absolute Gasteiger partial charge is 0.328 e. The maximum Gasteiger partial charge on any atom is 0.328 e. The standard InChI is InChI=1S/C10H14N2O4S/c1-5-8(11-6(2)17-5)9(13)12-7(4-16-3)10(14)15/h7H,4H2,1-3H3,(H,12,13)(H,14,15). The second-order valence-corrected chi connectivity index (χ2v) is 4.86. The van der Waals surface area contributed by atoms with Gasteiger partial charge in [-0.25, -0.2) is 9.78 Å². The topological polar surface area (TPSA) is 88.5 Å². The number of carboxylic acid groups (broad SMARTS) is 1. The summed E-state index contributed by atoms with van der Waals surface area (Å²) in [5, 5.41) is 12.0. The minimum Gasteiger partial charge on any atom is -0.480 e. The van der Waals surface area contributed by atoms with E-state index >= 15 is 0 Å². The first-order valence-corrected chi connectivity index (χ1v) is 5.74. The van der Waals surface area contributed by atoms with E-state index in [-0.39, 0.29) is 12.3 Å². The van der Waals surface area contributed by atoms with Crippen molar-refractivity contribution in [2.75, 3.05) is 13.7 Å². The Morgan fingerprint density at radius 3 is 2.59 bits per heavy atom. The van der Waals surface area contributed by atoms with Gasteiger partial charge in [0, 0.05) is 12.0 Å². The molecule has 0 saturated carbocycles. The molecule has 0 aliphatic rings. The van der Waals surface area contributed by atoms with Crippen LogP contribution in [0.4, 0.5) is 0 Å². The monoisotopic (exact) mass is 258 g/mol. The van der Waals surface area contributed by atoms with E-state index in [0.29, 0.717) is 0 Å². The van der Waals surface area contributed by atoms with Crippen LogP contribution in [0.15, 0.2) is 0 Å². The highest BCUT2D eigenvalue weighted by Gasteiger charge is 2.22. The number of hydrogen-bond acceptors (Lipinski definition) is 5. The van der Waals surface area contributed by atoms with Gasteiger partial charge >= 0.3 is 5.97 Å². The number of carbonyl (C=O) groups excluding carboxylic acids is 1. The third kappa shape index (κ3) is 3.50. The Hall–Kier alpha value is -1.47. The highest BCUT2D eigenvalue weighted by atomic mass is 32.1. The Labute approximate surface area is 103 Å². The lowest BCUT2D eigenvalue weighted by Gasteiger charge is -2.12. The zero-order valence-electron chi connectivity index (χ0n) is 9.81. The molecule has 0 radical (unpaired) electrons. The van der Waals surface area contributed by atoms with Crippen LogP contribution in [0, 0.1) is 13.8 Å². The van der Waals surface area contributed by atoms with E-state index in [1.165, 1.54) is 18.4 Å². The number of aryl methyl sites for hydroxylation is 2. The molecule has 0 aliphatic carbocycles. The number of carbonyl (C=O) groups is 2. The average Bonchev–Trinajstić information content (AvgIpc) is 2.57. The van der Waals surface area contributed by atoms with E-state index in [2.05, 4.69) is 10.3 Å². The molecule has 0 aliphatic heterocycles. The third-order valence-electron chi connectivity index (χ3n) is 2.06. The number of amides is 1. The molecule has 0 bridgehead atoms. The molecule has 1 aromatic heterocycles. The van der Waals surface area contributed by atoms with E-state index < -0.39 is 17.9 Å². The fraction of sp³-hybridized carbons (Fsp3) is 0.500. The van der Waals surface area contributed by atoms with Crippen molar-refractivity contribution in [3.8, 4) is 0 Å². The average molecular weight is 258 g/mol. The minimum atomic E-state index is -1.13. The summed E-state index contributed by atoms with van der Waals surface area (Å²) in [6.07, 6.45) is 0. The Morgan fingerprint density at radius 1 is 1.53 bits per heavy atom. The molecular weight excluding hydrogens is 244 g/mol. The molecule has 0 spiro atoms. The van der Waals surface area contributed by atoms with E-state index in [0.717, 1.165) is 9.88 Å². The molecule has 0 saturated heterocycles. The van der Waals surface area contributed by atoms with E-state index in [9.17, 15) is 9.59 Å². The number of carboxylic acids is 1. The van der Waals surface area contributed by atoms with Crippen molar-refractivity contribution < 1.29 is 19.4 Å². The largest absolute Gasteiger partial charge is 0.480 e. The molecule has 7 heteroatoms. The van der Waals surface area contributed by atoms with Crippen LogP contribution in [0.1, 0.15) is 20.4 Å². The van der Waals surface area contributed by atoms with Crippen molar-refractivity contribution in [3.05, 3.63) is 15.6 Å². The van der Waals surface area contributed by atoms with E-state index in [1.807, 2.05) is 0 Å². The van der Waals surface area contributed by atoms with Gasteiger partial charge in [0.1, 0.15) is 5.69 Å². The van der Waals surface area contributed by atoms with Gasteiger partial charge in [-0.3, -0.25) is 4.79 Å². The number of aromatic nitrogens is 1. The van der Waals surface area contributed by atoms with Crippen LogP contribution in [0.5, 0.6) is 0 Å². The lowest BCUT2D eigenvalue weighted by Crippen LogP contribution is -2.44. The van der Waals surface area contributed by atoms with Gasteiger partial charge in [0.15, 0.2) is 6.04 Å². The number of nitrogens with zero attached hydrogens (tertiary/aromatic N) is 1.